The fourth-order valence-corrected chi connectivity index (χ4v) is 3.14. The van der Waals surface area contributed by atoms with E-state index in [9.17, 15) is 9.18 Å². The number of piperidine rings is 1. The van der Waals surface area contributed by atoms with Crippen LogP contribution in [0, 0.1) is 5.82 Å². The summed E-state index contributed by atoms with van der Waals surface area (Å²) in [6, 6.07) is 7.07. The molecule has 8 heteroatoms. The van der Waals surface area contributed by atoms with E-state index in [1.807, 2.05) is 13.0 Å². The van der Waals surface area contributed by atoms with Gasteiger partial charge in [0.1, 0.15) is 5.82 Å². The molecule has 1 aliphatic rings. The number of carbonyl (C=O) groups is 1. The molecular formula is C19H31FIN5O. The lowest BCUT2D eigenvalue weighted by Crippen LogP contribution is -2.49. The van der Waals surface area contributed by atoms with Crippen LogP contribution in [0.4, 0.5) is 4.39 Å². The SMILES string of the molecule is CCNC(=NCCCc1cccc(F)c1)NC1CCN(CC(N)=O)CC1.I. The van der Waals surface area contributed by atoms with Crippen LogP contribution >= 0.6 is 24.0 Å². The van der Waals surface area contributed by atoms with Gasteiger partial charge in [0, 0.05) is 32.2 Å². The smallest absolute Gasteiger partial charge is 0.231 e. The number of primary amides is 1. The number of nitrogens with zero attached hydrogens (tertiary/aromatic N) is 2. The van der Waals surface area contributed by atoms with E-state index < -0.39 is 0 Å². The molecule has 0 radical (unpaired) electrons. The first-order chi connectivity index (χ1) is 12.6. The number of rotatable bonds is 8. The van der Waals surface area contributed by atoms with Gasteiger partial charge in [-0.05, 0) is 50.3 Å². The number of guanidine groups is 1. The van der Waals surface area contributed by atoms with Crippen molar-refractivity contribution in [3.05, 3.63) is 35.6 Å². The number of likely N-dealkylation sites (tertiary alicyclic amines) is 1. The molecule has 0 bridgehead atoms. The second-order valence-electron chi connectivity index (χ2n) is 6.66. The summed E-state index contributed by atoms with van der Waals surface area (Å²) in [5.41, 5.74) is 6.25. The minimum absolute atomic E-state index is 0. The summed E-state index contributed by atoms with van der Waals surface area (Å²) in [6.07, 6.45) is 3.60. The topological polar surface area (TPSA) is 82.8 Å². The number of nitrogens with one attached hydrogen (secondary N) is 2. The van der Waals surface area contributed by atoms with Crippen molar-refractivity contribution in [3.8, 4) is 0 Å². The number of hydrogen-bond acceptors (Lipinski definition) is 3. The average Bonchev–Trinajstić information content (AvgIpc) is 2.60. The maximum absolute atomic E-state index is 13.2. The summed E-state index contributed by atoms with van der Waals surface area (Å²) in [4.78, 5) is 17.7. The van der Waals surface area contributed by atoms with E-state index in [1.54, 1.807) is 12.1 Å². The first kappa shape index (κ1) is 23.6. The maximum Gasteiger partial charge on any atom is 0.231 e. The first-order valence-corrected chi connectivity index (χ1v) is 9.36. The Labute approximate surface area is 178 Å². The third kappa shape index (κ3) is 9.37. The van der Waals surface area contributed by atoms with E-state index in [0.29, 0.717) is 19.1 Å². The third-order valence-corrected chi connectivity index (χ3v) is 4.43. The van der Waals surface area contributed by atoms with Crippen LogP contribution in [-0.4, -0.2) is 55.5 Å². The Morgan fingerprint density at radius 2 is 2.11 bits per heavy atom. The van der Waals surface area contributed by atoms with Gasteiger partial charge in [-0.15, -0.1) is 24.0 Å². The highest BCUT2D eigenvalue weighted by Gasteiger charge is 2.20. The summed E-state index contributed by atoms with van der Waals surface area (Å²) in [5.74, 6) is 0.355. The minimum atomic E-state index is -0.274. The number of halogens is 2. The Hall–Kier alpha value is -1.42. The van der Waals surface area contributed by atoms with Crippen molar-refractivity contribution in [1.29, 1.82) is 0 Å². The predicted octanol–water partition coefficient (Wildman–Crippen LogP) is 1.88. The lowest BCUT2D eigenvalue weighted by Gasteiger charge is -2.32. The van der Waals surface area contributed by atoms with Gasteiger partial charge >= 0.3 is 0 Å². The van der Waals surface area contributed by atoms with Crippen molar-refractivity contribution in [2.24, 2.45) is 10.7 Å². The number of benzene rings is 1. The zero-order valence-electron chi connectivity index (χ0n) is 15.9. The van der Waals surface area contributed by atoms with Crippen molar-refractivity contribution >= 4 is 35.8 Å². The lowest BCUT2D eigenvalue weighted by atomic mass is 10.1. The molecule has 1 aromatic carbocycles. The Kier molecular flexibility index (Phi) is 11.3. The molecule has 0 unspecified atom stereocenters. The van der Waals surface area contributed by atoms with Crippen molar-refractivity contribution in [2.75, 3.05) is 32.7 Å². The van der Waals surface area contributed by atoms with Crippen LogP contribution in [0.3, 0.4) is 0 Å². The quantitative estimate of drug-likeness (QED) is 0.225. The summed E-state index contributed by atoms with van der Waals surface area (Å²) >= 11 is 0. The second-order valence-corrected chi connectivity index (χ2v) is 6.66. The van der Waals surface area contributed by atoms with Crippen molar-refractivity contribution in [2.45, 2.75) is 38.6 Å². The van der Waals surface area contributed by atoms with Gasteiger partial charge in [0.2, 0.25) is 5.91 Å². The van der Waals surface area contributed by atoms with Crippen LogP contribution in [0.5, 0.6) is 0 Å². The van der Waals surface area contributed by atoms with Gasteiger partial charge < -0.3 is 16.4 Å². The Morgan fingerprint density at radius 3 is 2.74 bits per heavy atom. The molecule has 27 heavy (non-hydrogen) atoms. The number of hydrogen-bond donors (Lipinski definition) is 3. The number of amides is 1. The molecule has 2 rings (SSSR count). The van der Waals surface area contributed by atoms with Gasteiger partial charge in [-0.25, -0.2) is 4.39 Å². The van der Waals surface area contributed by atoms with Gasteiger partial charge in [0.05, 0.1) is 6.54 Å². The normalized spacial score (nSPS) is 15.9. The van der Waals surface area contributed by atoms with Gasteiger partial charge in [-0.2, -0.15) is 0 Å². The van der Waals surface area contributed by atoms with E-state index in [1.165, 1.54) is 6.07 Å². The number of aliphatic imine (C=N–C) groups is 1. The molecule has 0 aliphatic carbocycles. The van der Waals surface area contributed by atoms with Crippen LogP contribution in [0.15, 0.2) is 29.3 Å². The summed E-state index contributed by atoms with van der Waals surface area (Å²) in [7, 11) is 0. The first-order valence-electron chi connectivity index (χ1n) is 9.36. The highest BCUT2D eigenvalue weighted by Crippen LogP contribution is 2.10. The molecule has 1 heterocycles. The maximum atomic E-state index is 13.2. The summed E-state index contributed by atoms with van der Waals surface area (Å²) < 4.78 is 13.2. The molecule has 1 amide bonds. The van der Waals surface area contributed by atoms with Crippen LogP contribution in [0.25, 0.3) is 0 Å². The van der Waals surface area contributed by atoms with Crippen LogP contribution < -0.4 is 16.4 Å². The zero-order valence-corrected chi connectivity index (χ0v) is 18.2. The predicted molar refractivity (Wildman–Crippen MR) is 118 cm³/mol. The molecule has 4 N–H and O–H groups in total. The second kappa shape index (κ2) is 12.9. The highest BCUT2D eigenvalue weighted by atomic mass is 127. The van der Waals surface area contributed by atoms with Crippen molar-refractivity contribution in [3.63, 3.8) is 0 Å². The Balaban J connectivity index is 0.00000364. The molecule has 1 aromatic rings. The molecule has 6 nitrogen and oxygen atoms in total. The number of carbonyl (C=O) groups excluding carboxylic acids is 1. The fraction of sp³-hybridized carbons (Fsp3) is 0.579. The minimum Gasteiger partial charge on any atom is -0.369 e. The van der Waals surface area contributed by atoms with Gasteiger partial charge in [-0.3, -0.25) is 14.7 Å². The Morgan fingerprint density at radius 1 is 1.37 bits per heavy atom. The van der Waals surface area contributed by atoms with Crippen LogP contribution in [0.1, 0.15) is 31.7 Å². The number of nitrogens with two attached hydrogens (primary N) is 1. The van der Waals surface area contributed by atoms with Crippen LogP contribution in [-0.2, 0) is 11.2 Å². The molecule has 0 aromatic heterocycles. The molecule has 152 valence electrons. The van der Waals surface area contributed by atoms with Crippen molar-refractivity contribution in [1.82, 2.24) is 15.5 Å². The molecule has 0 saturated carbocycles. The summed E-state index contributed by atoms with van der Waals surface area (Å²) in [6.45, 7) is 5.59. The van der Waals surface area contributed by atoms with Gasteiger partial charge in [0.25, 0.3) is 0 Å². The molecule has 1 saturated heterocycles. The van der Waals surface area contributed by atoms with Gasteiger partial charge in [0.15, 0.2) is 5.96 Å². The fourth-order valence-electron chi connectivity index (χ4n) is 3.14. The third-order valence-electron chi connectivity index (χ3n) is 4.43. The molecule has 1 aliphatic heterocycles. The Bertz CT molecular complexity index is 606. The van der Waals surface area contributed by atoms with Gasteiger partial charge in [-0.1, -0.05) is 12.1 Å². The van der Waals surface area contributed by atoms with Crippen LogP contribution in [0.2, 0.25) is 0 Å². The average molecular weight is 491 g/mol. The number of aryl methyl sites for hydroxylation is 1. The van der Waals surface area contributed by atoms with E-state index >= 15 is 0 Å². The van der Waals surface area contributed by atoms with Crippen molar-refractivity contribution < 1.29 is 9.18 Å². The molecule has 0 atom stereocenters. The highest BCUT2D eigenvalue weighted by molar-refractivity contribution is 14.0. The van der Waals surface area contributed by atoms with E-state index in [4.69, 9.17) is 5.73 Å². The van der Waals surface area contributed by atoms with E-state index in [2.05, 4.69) is 20.5 Å². The largest absolute Gasteiger partial charge is 0.369 e. The molecule has 1 fully saturated rings. The lowest BCUT2D eigenvalue weighted by molar-refractivity contribution is -0.119. The summed E-state index contributed by atoms with van der Waals surface area (Å²) in [5, 5.41) is 6.75. The molecule has 0 spiro atoms. The van der Waals surface area contributed by atoms with E-state index in [-0.39, 0.29) is 35.7 Å². The monoisotopic (exact) mass is 491 g/mol. The zero-order chi connectivity index (χ0) is 18.8. The van der Waals surface area contributed by atoms with E-state index in [0.717, 1.165) is 56.8 Å². The molecular weight excluding hydrogens is 460 g/mol. The standard InChI is InChI=1S/C19H30FN5O.HI/c1-2-22-19(23-10-4-6-15-5-3-7-16(20)13-15)24-17-8-11-25(12-9-17)14-18(21)26;/h3,5,7,13,17H,2,4,6,8-12,14H2,1H3,(H2,21,26)(H2,22,23,24);1H.